The monoisotopic (exact) mass is 351 g/mol. The zero-order chi connectivity index (χ0) is 18.1. The predicted octanol–water partition coefficient (Wildman–Crippen LogP) is 2.94. The molecule has 1 aliphatic rings. The molecule has 0 amide bonds. The van der Waals surface area contributed by atoms with Crippen molar-refractivity contribution in [2.24, 2.45) is 5.92 Å². The number of likely N-dealkylation sites (tertiary alicyclic amines) is 1. The summed E-state index contributed by atoms with van der Waals surface area (Å²) in [7, 11) is 1.65. The van der Waals surface area contributed by atoms with Crippen LogP contribution >= 0.6 is 0 Å². The lowest BCUT2D eigenvalue weighted by Crippen LogP contribution is -2.24. The topological polar surface area (TPSA) is 67.6 Å². The third-order valence-corrected chi connectivity index (χ3v) is 4.95. The number of carboxylic acid groups (broad SMARTS) is 1. The standard InChI is InChI=1S/C20H21N3O3/c1-26-16-8-6-15(7-9-16)23-18-5-3-2-4-17(18)21-19(23)13-22-11-10-14(12-22)20(24)25/h2-9,14H,10-13H2,1H3,(H,24,25). The highest BCUT2D eigenvalue weighted by atomic mass is 16.5. The second-order valence-electron chi connectivity index (χ2n) is 6.61. The molecular formula is C20H21N3O3. The number of hydrogen-bond acceptors (Lipinski definition) is 4. The van der Waals surface area contributed by atoms with Crippen LogP contribution in [0.25, 0.3) is 16.7 Å². The fourth-order valence-corrected chi connectivity index (χ4v) is 3.58. The van der Waals surface area contributed by atoms with Crippen molar-refractivity contribution in [3.63, 3.8) is 0 Å². The van der Waals surface area contributed by atoms with Gasteiger partial charge in [-0.2, -0.15) is 0 Å². The van der Waals surface area contributed by atoms with Gasteiger partial charge in [0, 0.05) is 12.2 Å². The number of aromatic nitrogens is 2. The fourth-order valence-electron chi connectivity index (χ4n) is 3.58. The third kappa shape index (κ3) is 3.04. The molecule has 0 spiro atoms. The Morgan fingerprint density at radius 2 is 2.00 bits per heavy atom. The van der Waals surface area contributed by atoms with E-state index in [1.807, 2.05) is 42.5 Å². The van der Waals surface area contributed by atoms with E-state index in [4.69, 9.17) is 9.72 Å². The van der Waals surface area contributed by atoms with Gasteiger partial charge in [-0.25, -0.2) is 4.98 Å². The normalized spacial score (nSPS) is 17.7. The zero-order valence-corrected chi connectivity index (χ0v) is 14.6. The summed E-state index contributed by atoms with van der Waals surface area (Å²) in [6.45, 7) is 1.98. The van der Waals surface area contributed by atoms with Crippen molar-refractivity contribution in [1.29, 1.82) is 0 Å². The quantitative estimate of drug-likeness (QED) is 0.765. The van der Waals surface area contributed by atoms with Gasteiger partial charge in [0.15, 0.2) is 0 Å². The van der Waals surface area contributed by atoms with Crippen molar-refractivity contribution in [2.45, 2.75) is 13.0 Å². The van der Waals surface area contributed by atoms with Gasteiger partial charge >= 0.3 is 5.97 Å². The summed E-state index contributed by atoms with van der Waals surface area (Å²) in [5.41, 5.74) is 3.00. The molecule has 6 nitrogen and oxygen atoms in total. The van der Waals surface area contributed by atoms with E-state index in [2.05, 4.69) is 15.5 Å². The maximum absolute atomic E-state index is 11.2. The highest BCUT2D eigenvalue weighted by molar-refractivity contribution is 5.78. The lowest BCUT2D eigenvalue weighted by Gasteiger charge is -2.16. The van der Waals surface area contributed by atoms with Crippen LogP contribution in [-0.2, 0) is 11.3 Å². The van der Waals surface area contributed by atoms with E-state index >= 15 is 0 Å². The molecule has 3 aromatic rings. The number of imidazole rings is 1. The van der Waals surface area contributed by atoms with Crippen molar-refractivity contribution in [3.8, 4) is 11.4 Å². The number of nitrogens with zero attached hydrogens (tertiary/aromatic N) is 3. The van der Waals surface area contributed by atoms with Gasteiger partial charge in [0.05, 0.1) is 30.6 Å². The number of methoxy groups -OCH3 is 1. The molecule has 0 radical (unpaired) electrons. The molecule has 0 aliphatic carbocycles. The van der Waals surface area contributed by atoms with E-state index in [1.165, 1.54) is 0 Å². The molecule has 0 bridgehead atoms. The minimum Gasteiger partial charge on any atom is -0.497 e. The Hall–Kier alpha value is -2.86. The first kappa shape index (κ1) is 16.6. The second-order valence-corrected chi connectivity index (χ2v) is 6.61. The van der Waals surface area contributed by atoms with Crippen LogP contribution in [0.4, 0.5) is 0 Å². The number of benzene rings is 2. The Morgan fingerprint density at radius 3 is 2.69 bits per heavy atom. The van der Waals surface area contributed by atoms with Crippen LogP contribution in [0.5, 0.6) is 5.75 Å². The van der Waals surface area contributed by atoms with Gasteiger partial charge in [0.2, 0.25) is 0 Å². The Labute approximate surface area is 151 Å². The number of fused-ring (bicyclic) bond motifs is 1. The Morgan fingerprint density at radius 1 is 1.23 bits per heavy atom. The van der Waals surface area contributed by atoms with E-state index in [0.29, 0.717) is 19.5 Å². The Balaban J connectivity index is 1.71. The number of rotatable bonds is 5. The first-order chi connectivity index (χ1) is 12.7. The summed E-state index contributed by atoms with van der Waals surface area (Å²) in [6, 6.07) is 15.9. The average Bonchev–Trinajstić information content (AvgIpc) is 3.26. The van der Waals surface area contributed by atoms with Crippen LogP contribution in [0, 0.1) is 5.92 Å². The Kier molecular flexibility index (Phi) is 4.34. The van der Waals surface area contributed by atoms with E-state index in [0.717, 1.165) is 34.8 Å². The lowest BCUT2D eigenvalue weighted by molar-refractivity contribution is -0.141. The Bertz CT molecular complexity index is 933. The van der Waals surface area contributed by atoms with E-state index in [9.17, 15) is 9.90 Å². The van der Waals surface area contributed by atoms with Crippen LogP contribution in [-0.4, -0.2) is 45.7 Å². The molecule has 4 rings (SSSR count). The van der Waals surface area contributed by atoms with Gasteiger partial charge in [-0.1, -0.05) is 12.1 Å². The molecule has 1 fully saturated rings. The number of carboxylic acids is 1. The molecule has 1 unspecified atom stereocenters. The molecule has 1 N–H and O–H groups in total. The molecule has 1 aliphatic heterocycles. The van der Waals surface area contributed by atoms with E-state index in [-0.39, 0.29) is 5.92 Å². The SMILES string of the molecule is COc1ccc(-n2c(CN3CCC(C(=O)O)C3)nc3ccccc32)cc1. The number of carbonyl (C=O) groups is 1. The van der Waals surface area contributed by atoms with E-state index < -0.39 is 5.97 Å². The molecule has 26 heavy (non-hydrogen) atoms. The summed E-state index contributed by atoms with van der Waals surface area (Å²) >= 11 is 0. The highest BCUT2D eigenvalue weighted by Crippen LogP contribution is 2.26. The van der Waals surface area contributed by atoms with Crippen molar-refractivity contribution in [3.05, 3.63) is 54.4 Å². The number of aliphatic carboxylic acids is 1. The van der Waals surface area contributed by atoms with Crippen molar-refractivity contribution < 1.29 is 14.6 Å². The highest BCUT2D eigenvalue weighted by Gasteiger charge is 2.29. The maximum Gasteiger partial charge on any atom is 0.307 e. The zero-order valence-electron chi connectivity index (χ0n) is 14.6. The third-order valence-electron chi connectivity index (χ3n) is 4.95. The van der Waals surface area contributed by atoms with Crippen LogP contribution in [0.3, 0.4) is 0 Å². The summed E-state index contributed by atoms with van der Waals surface area (Å²) in [6.07, 6.45) is 0.693. The number of para-hydroxylation sites is 2. The number of ether oxygens (including phenoxy) is 1. The summed E-state index contributed by atoms with van der Waals surface area (Å²) in [5, 5.41) is 9.23. The molecular weight excluding hydrogens is 330 g/mol. The smallest absolute Gasteiger partial charge is 0.307 e. The van der Waals surface area contributed by atoms with Gasteiger partial charge in [-0.15, -0.1) is 0 Å². The molecule has 134 valence electrons. The van der Waals surface area contributed by atoms with Gasteiger partial charge in [0.25, 0.3) is 0 Å². The largest absolute Gasteiger partial charge is 0.497 e. The van der Waals surface area contributed by atoms with Crippen molar-refractivity contribution in [2.75, 3.05) is 20.2 Å². The first-order valence-electron chi connectivity index (χ1n) is 8.71. The minimum atomic E-state index is -0.712. The molecule has 2 heterocycles. The second kappa shape index (κ2) is 6.80. The van der Waals surface area contributed by atoms with Gasteiger partial charge in [-0.05, 0) is 49.4 Å². The predicted molar refractivity (Wildman–Crippen MR) is 98.6 cm³/mol. The van der Waals surface area contributed by atoms with Crippen LogP contribution < -0.4 is 4.74 Å². The average molecular weight is 351 g/mol. The van der Waals surface area contributed by atoms with E-state index in [1.54, 1.807) is 7.11 Å². The van der Waals surface area contributed by atoms with Gasteiger partial charge in [0.1, 0.15) is 11.6 Å². The lowest BCUT2D eigenvalue weighted by atomic mass is 10.1. The van der Waals surface area contributed by atoms with Crippen LogP contribution in [0.15, 0.2) is 48.5 Å². The fraction of sp³-hybridized carbons (Fsp3) is 0.300. The minimum absolute atomic E-state index is 0.284. The molecule has 6 heteroatoms. The summed E-state index contributed by atoms with van der Waals surface area (Å²) in [4.78, 5) is 18.2. The molecule has 2 aromatic carbocycles. The summed E-state index contributed by atoms with van der Waals surface area (Å²) < 4.78 is 7.40. The number of hydrogen-bond donors (Lipinski definition) is 1. The molecule has 1 atom stereocenters. The van der Waals surface area contributed by atoms with Gasteiger partial charge in [-0.3, -0.25) is 14.3 Å². The summed E-state index contributed by atoms with van der Waals surface area (Å²) in [5.74, 6) is 0.732. The molecule has 0 saturated carbocycles. The van der Waals surface area contributed by atoms with Crippen LogP contribution in [0.2, 0.25) is 0 Å². The van der Waals surface area contributed by atoms with Crippen molar-refractivity contribution in [1.82, 2.24) is 14.5 Å². The van der Waals surface area contributed by atoms with Crippen molar-refractivity contribution >= 4 is 17.0 Å². The van der Waals surface area contributed by atoms with Gasteiger partial charge < -0.3 is 9.84 Å². The maximum atomic E-state index is 11.2. The first-order valence-corrected chi connectivity index (χ1v) is 8.71. The van der Waals surface area contributed by atoms with Crippen LogP contribution in [0.1, 0.15) is 12.2 Å². The molecule has 1 saturated heterocycles. The molecule has 1 aromatic heterocycles.